The Labute approximate surface area is 163 Å². The number of nitrogens with two attached hydrogens (primary N) is 1. The molecule has 1 amide bonds. The molecule has 10 heteroatoms. The highest BCUT2D eigenvalue weighted by molar-refractivity contribution is 5.99. The SMILES string of the molecule is CN(Cc1ccc(C(F)(F)F)nn1)C(=O)c1ccc2nc(N)c3c(c2c1)COC3. The number of anilines is 1. The zero-order valence-corrected chi connectivity index (χ0v) is 15.3. The molecule has 1 aromatic carbocycles. The molecule has 2 aromatic heterocycles. The van der Waals surface area contributed by atoms with E-state index in [4.69, 9.17) is 10.5 Å². The highest BCUT2D eigenvalue weighted by Gasteiger charge is 2.33. The molecule has 1 aliphatic rings. The fraction of sp³-hybridized carbons (Fsp3) is 0.263. The first-order chi connectivity index (χ1) is 13.7. The van der Waals surface area contributed by atoms with Crippen LogP contribution in [0.15, 0.2) is 30.3 Å². The van der Waals surface area contributed by atoms with E-state index < -0.39 is 11.9 Å². The van der Waals surface area contributed by atoms with Crippen molar-refractivity contribution < 1.29 is 22.7 Å². The number of ether oxygens (including phenoxy) is 1. The standard InChI is InChI=1S/C19H16F3N5O2/c1-27(7-11-3-5-16(26-25-11)19(20,21)22)18(28)10-2-4-15-12(6-10)13-8-29-9-14(13)17(23)24-15/h2-6H,7-9H2,1H3,(H2,23,24). The van der Waals surface area contributed by atoms with Crippen LogP contribution in [0.5, 0.6) is 0 Å². The normalized spacial score (nSPS) is 13.5. The smallest absolute Gasteiger partial charge is 0.383 e. The lowest BCUT2D eigenvalue weighted by Gasteiger charge is -2.17. The van der Waals surface area contributed by atoms with E-state index in [-0.39, 0.29) is 18.1 Å². The van der Waals surface area contributed by atoms with Crippen LogP contribution in [0.2, 0.25) is 0 Å². The van der Waals surface area contributed by atoms with E-state index in [1.165, 1.54) is 11.0 Å². The molecule has 0 aliphatic carbocycles. The molecule has 2 N–H and O–H groups in total. The summed E-state index contributed by atoms with van der Waals surface area (Å²) in [5.41, 5.74) is 7.96. The van der Waals surface area contributed by atoms with E-state index in [2.05, 4.69) is 15.2 Å². The van der Waals surface area contributed by atoms with Gasteiger partial charge in [0.05, 0.1) is 31.0 Å². The molecule has 29 heavy (non-hydrogen) atoms. The van der Waals surface area contributed by atoms with Crippen LogP contribution in [0.4, 0.5) is 19.0 Å². The lowest BCUT2D eigenvalue weighted by atomic mass is 10.0. The quantitative estimate of drug-likeness (QED) is 0.723. The van der Waals surface area contributed by atoms with E-state index in [9.17, 15) is 18.0 Å². The summed E-state index contributed by atoms with van der Waals surface area (Å²) in [4.78, 5) is 18.5. The summed E-state index contributed by atoms with van der Waals surface area (Å²) in [5.74, 6) is 0.111. The van der Waals surface area contributed by atoms with Gasteiger partial charge in [-0.25, -0.2) is 4.98 Å². The maximum Gasteiger partial charge on any atom is 0.435 e. The van der Waals surface area contributed by atoms with Gasteiger partial charge in [0.1, 0.15) is 5.82 Å². The number of benzene rings is 1. The van der Waals surface area contributed by atoms with Crippen molar-refractivity contribution in [2.75, 3.05) is 12.8 Å². The highest BCUT2D eigenvalue weighted by Crippen LogP contribution is 2.32. The summed E-state index contributed by atoms with van der Waals surface area (Å²) in [6.45, 7) is 0.797. The largest absolute Gasteiger partial charge is 0.435 e. The van der Waals surface area contributed by atoms with Crippen molar-refractivity contribution in [3.8, 4) is 0 Å². The molecule has 3 aromatic rings. The van der Waals surface area contributed by atoms with E-state index in [0.29, 0.717) is 30.1 Å². The number of carbonyl (C=O) groups is 1. The van der Waals surface area contributed by atoms with Gasteiger partial charge >= 0.3 is 6.18 Å². The highest BCUT2D eigenvalue weighted by atomic mass is 19.4. The van der Waals surface area contributed by atoms with Crippen LogP contribution >= 0.6 is 0 Å². The molecule has 7 nitrogen and oxygen atoms in total. The molecular weight excluding hydrogens is 387 g/mol. The number of pyridine rings is 1. The number of carbonyl (C=O) groups excluding carboxylic acids is 1. The molecule has 4 rings (SSSR count). The molecule has 0 unspecified atom stereocenters. The van der Waals surface area contributed by atoms with Crippen LogP contribution in [-0.2, 0) is 30.7 Å². The van der Waals surface area contributed by atoms with Crippen molar-refractivity contribution in [2.24, 2.45) is 0 Å². The minimum absolute atomic E-state index is 0.0171. The van der Waals surface area contributed by atoms with Gasteiger partial charge in [-0.1, -0.05) is 0 Å². The van der Waals surface area contributed by atoms with Crippen molar-refractivity contribution in [1.82, 2.24) is 20.1 Å². The number of hydrogen-bond acceptors (Lipinski definition) is 6. The molecule has 0 bridgehead atoms. The van der Waals surface area contributed by atoms with E-state index in [1.807, 2.05) is 0 Å². The topological polar surface area (TPSA) is 94.2 Å². The number of aromatic nitrogens is 3. The second-order valence-electron chi connectivity index (χ2n) is 6.75. The molecule has 0 atom stereocenters. The first-order valence-corrected chi connectivity index (χ1v) is 8.68. The van der Waals surface area contributed by atoms with Crippen molar-refractivity contribution >= 4 is 22.6 Å². The lowest BCUT2D eigenvalue weighted by molar-refractivity contribution is -0.141. The van der Waals surface area contributed by atoms with Crippen LogP contribution in [0.1, 0.15) is 32.9 Å². The van der Waals surface area contributed by atoms with Crippen LogP contribution < -0.4 is 5.73 Å². The average Bonchev–Trinajstić information content (AvgIpc) is 3.18. The Morgan fingerprint density at radius 1 is 1.17 bits per heavy atom. The first-order valence-electron chi connectivity index (χ1n) is 8.68. The van der Waals surface area contributed by atoms with Crippen molar-refractivity contribution in [3.63, 3.8) is 0 Å². The third-order valence-corrected chi connectivity index (χ3v) is 4.73. The summed E-state index contributed by atoms with van der Waals surface area (Å²) in [6, 6.07) is 7.12. The zero-order valence-electron chi connectivity index (χ0n) is 15.3. The number of nitrogens with zero attached hydrogens (tertiary/aromatic N) is 4. The average molecular weight is 403 g/mol. The van der Waals surface area contributed by atoms with Gasteiger partial charge in [-0.3, -0.25) is 4.79 Å². The number of nitrogen functional groups attached to an aromatic ring is 1. The van der Waals surface area contributed by atoms with E-state index >= 15 is 0 Å². The molecule has 0 saturated carbocycles. The molecule has 0 saturated heterocycles. The molecule has 0 spiro atoms. The third kappa shape index (κ3) is 3.58. The molecule has 0 fully saturated rings. The maximum absolute atomic E-state index is 12.8. The summed E-state index contributed by atoms with van der Waals surface area (Å²) in [6.07, 6.45) is -4.56. The summed E-state index contributed by atoms with van der Waals surface area (Å²) < 4.78 is 43.2. The monoisotopic (exact) mass is 403 g/mol. The van der Waals surface area contributed by atoms with Crippen LogP contribution in [0.25, 0.3) is 10.9 Å². The second-order valence-corrected chi connectivity index (χ2v) is 6.75. The zero-order chi connectivity index (χ0) is 20.8. The molecule has 0 radical (unpaired) electrons. The predicted octanol–water partition coefficient (Wildman–Crippen LogP) is 2.93. The Kier molecular flexibility index (Phi) is 4.58. The Balaban J connectivity index is 1.57. The second kappa shape index (κ2) is 6.96. The summed E-state index contributed by atoms with van der Waals surface area (Å²) in [7, 11) is 1.54. The number of alkyl halides is 3. The first kappa shape index (κ1) is 19.1. The van der Waals surface area contributed by atoms with Crippen molar-refractivity contribution in [1.29, 1.82) is 0 Å². The van der Waals surface area contributed by atoms with E-state index in [1.54, 1.807) is 25.2 Å². The Morgan fingerprint density at radius 2 is 1.93 bits per heavy atom. The Hall–Kier alpha value is -3.27. The maximum atomic E-state index is 12.8. The van der Waals surface area contributed by atoms with Gasteiger partial charge in [0.25, 0.3) is 5.91 Å². The van der Waals surface area contributed by atoms with Gasteiger partial charge in [0, 0.05) is 23.6 Å². The van der Waals surface area contributed by atoms with Gasteiger partial charge in [-0.05, 0) is 35.9 Å². The van der Waals surface area contributed by atoms with Gasteiger partial charge in [0.15, 0.2) is 5.69 Å². The van der Waals surface area contributed by atoms with Crippen LogP contribution in [-0.4, -0.2) is 33.0 Å². The molecule has 150 valence electrons. The number of rotatable bonds is 3. The Morgan fingerprint density at radius 3 is 2.62 bits per heavy atom. The lowest BCUT2D eigenvalue weighted by Crippen LogP contribution is -2.27. The number of fused-ring (bicyclic) bond motifs is 3. The van der Waals surface area contributed by atoms with Gasteiger partial charge in [0.2, 0.25) is 0 Å². The van der Waals surface area contributed by atoms with Crippen molar-refractivity contribution in [3.05, 3.63) is 58.4 Å². The number of hydrogen-bond donors (Lipinski definition) is 1. The van der Waals surface area contributed by atoms with Crippen LogP contribution in [0, 0.1) is 0 Å². The summed E-state index contributed by atoms with van der Waals surface area (Å²) >= 11 is 0. The fourth-order valence-corrected chi connectivity index (χ4v) is 3.23. The van der Waals surface area contributed by atoms with E-state index in [0.717, 1.165) is 22.6 Å². The summed E-state index contributed by atoms with van der Waals surface area (Å²) in [5, 5.41) is 7.53. The predicted molar refractivity (Wildman–Crippen MR) is 97.5 cm³/mol. The van der Waals surface area contributed by atoms with Gasteiger partial charge < -0.3 is 15.4 Å². The number of halogens is 3. The molecule has 3 heterocycles. The third-order valence-electron chi connectivity index (χ3n) is 4.73. The fourth-order valence-electron chi connectivity index (χ4n) is 3.23. The van der Waals surface area contributed by atoms with Crippen molar-refractivity contribution in [2.45, 2.75) is 25.9 Å². The van der Waals surface area contributed by atoms with Gasteiger partial charge in [-0.15, -0.1) is 5.10 Å². The molecular formula is C19H16F3N5O2. The Bertz CT molecular complexity index is 1100. The molecule has 1 aliphatic heterocycles. The number of amides is 1. The van der Waals surface area contributed by atoms with Crippen LogP contribution in [0.3, 0.4) is 0 Å². The van der Waals surface area contributed by atoms with Gasteiger partial charge in [-0.2, -0.15) is 18.3 Å². The minimum atomic E-state index is -4.56. The minimum Gasteiger partial charge on any atom is -0.383 e.